The molecule has 27 heavy (non-hydrogen) atoms. The molecule has 3 rings (SSSR count). The molecule has 144 valence electrons. The first-order chi connectivity index (χ1) is 13.0. The number of carbonyl (C=O) groups excluding carboxylic acids is 1. The molecule has 1 aliphatic heterocycles. The van der Waals surface area contributed by atoms with Crippen LogP contribution in [-0.2, 0) is 11.2 Å². The first kappa shape index (κ1) is 20.0. The second-order valence-corrected chi connectivity index (χ2v) is 7.95. The van der Waals surface area contributed by atoms with Crippen molar-refractivity contribution in [2.24, 2.45) is 0 Å². The summed E-state index contributed by atoms with van der Waals surface area (Å²) in [6.07, 6.45) is 0.795. The van der Waals surface area contributed by atoms with Gasteiger partial charge in [0, 0.05) is 22.3 Å². The van der Waals surface area contributed by atoms with Crippen molar-refractivity contribution in [1.82, 2.24) is 5.32 Å². The number of hydrogen-bond donors (Lipinski definition) is 2. The highest BCUT2D eigenvalue weighted by Gasteiger charge is 2.23. The highest BCUT2D eigenvalue weighted by atomic mass is 35.5. The quantitative estimate of drug-likeness (QED) is 0.772. The highest BCUT2D eigenvalue weighted by molar-refractivity contribution is 6.31. The van der Waals surface area contributed by atoms with Crippen molar-refractivity contribution >= 4 is 34.8 Å². The first-order valence-electron chi connectivity index (χ1n) is 9.37. The molecule has 0 unspecified atom stereocenters. The van der Waals surface area contributed by atoms with Crippen molar-refractivity contribution in [3.8, 4) is 0 Å². The van der Waals surface area contributed by atoms with Crippen LogP contribution in [0.1, 0.15) is 11.1 Å². The average molecular weight is 407 g/mol. The van der Waals surface area contributed by atoms with Gasteiger partial charge in [0.15, 0.2) is 6.54 Å². The zero-order valence-corrected chi connectivity index (χ0v) is 17.1. The Morgan fingerprint density at radius 1 is 1.11 bits per heavy atom. The third kappa shape index (κ3) is 5.86. The smallest absolute Gasteiger partial charge is 0.275 e. The SMILES string of the molecule is Cc1ccc(Cl)cc1N1CC[NH+](CC(=O)NCCc2cccc(Cl)c2)CC1. The second-order valence-electron chi connectivity index (χ2n) is 7.07. The topological polar surface area (TPSA) is 36.8 Å². The summed E-state index contributed by atoms with van der Waals surface area (Å²) in [6, 6.07) is 13.8. The summed E-state index contributed by atoms with van der Waals surface area (Å²) >= 11 is 12.1. The van der Waals surface area contributed by atoms with Gasteiger partial charge >= 0.3 is 0 Å². The van der Waals surface area contributed by atoms with E-state index >= 15 is 0 Å². The Bertz CT molecular complexity index is 789. The minimum atomic E-state index is 0.111. The van der Waals surface area contributed by atoms with E-state index in [-0.39, 0.29) is 5.91 Å². The van der Waals surface area contributed by atoms with Crippen LogP contribution in [0, 0.1) is 6.92 Å². The van der Waals surface area contributed by atoms with E-state index in [1.807, 2.05) is 36.4 Å². The summed E-state index contributed by atoms with van der Waals surface area (Å²) < 4.78 is 0. The lowest BCUT2D eigenvalue weighted by Gasteiger charge is -2.34. The Balaban J connectivity index is 1.41. The van der Waals surface area contributed by atoms with Crippen LogP contribution >= 0.6 is 23.2 Å². The van der Waals surface area contributed by atoms with Crippen LogP contribution < -0.4 is 15.1 Å². The molecule has 6 heteroatoms. The lowest BCUT2D eigenvalue weighted by atomic mass is 10.1. The molecule has 4 nitrogen and oxygen atoms in total. The molecule has 1 aliphatic rings. The number of halogens is 2. The van der Waals surface area contributed by atoms with Crippen LogP contribution in [0.3, 0.4) is 0 Å². The van der Waals surface area contributed by atoms with Crippen molar-refractivity contribution in [2.45, 2.75) is 13.3 Å². The number of hydrogen-bond acceptors (Lipinski definition) is 2. The predicted octanol–water partition coefficient (Wildman–Crippen LogP) is 2.37. The fourth-order valence-electron chi connectivity index (χ4n) is 3.49. The fourth-order valence-corrected chi connectivity index (χ4v) is 3.87. The number of quaternary nitrogens is 1. The third-order valence-corrected chi connectivity index (χ3v) is 5.49. The van der Waals surface area contributed by atoms with E-state index in [2.05, 4.69) is 23.2 Å². The predicted molar refractivity (Wildman–Crippen MR) is 112 cm³/mol. The van der Waals surface area contributed by atoms with Gasteiger partial charge in [0.1, 0.15) is 0 Å². The van der Waals surface area contributed by atoms with Gasteiger partial charge in [0.25, 0.3) is 5.91 Å². The molecule has 0 bridgehead atoms. The van der Waals surface area contributed by atoms with E-state index < -0.39 is 0 Å². The summed E-state index contributed by atoms with van der Waals surface area (Å²) in [6.45, 7) is 7.05. The van der Waals surface area contributed by atoms with E-state index in [1.165, 1.54) is 16.2 Å². The van der Waals surface area contributed by atoms with Crippen LogP contribution in [0.15, 0.2) is 42.5 Å². The van der Waals surface area contributed by atoms with Gasteiger partial charge in [0.05, 0.1) is 26.2 Å². The molecule has 1 amide bonds. The number of anilines is 1. The molecule has 1 fully saturated rings. The zero-order chi connectivity index (χ0) is 19.2. The summed E-state index contributed by atoms with van der Waals surface area (Å²) in [5.74, 6) is 0.111. The molecule has 2 aromatic rings. The Hall–Kier alpha value is -1.75. The van der Waals surface area contributed by atoms with Gasteiger partial charge < -0.3 is 15.1 Å². The van der Waals surface area contributed by atoms with E-state index in [4.69, 9.17) is 23.2 Å². The molecule has 0 atom stereocenters. The van der Waals surface area contributed by atoms with Crippen LogP contribution in [0.4, 0.5) is 5.69 Å². The van der Waals surface area contributed by atoms with Crippen LogP contribution in [0.25, 0.3) is 0 Å². The molecular formula is C21H26Cl2N3O+. The summed E-state index contributed by atoms with van der Waals surface area (Å²) in [7, 11) is 0. The zero-order valence-electron chi connectivity index (χ0n) is 15.6. The monoisotopic (exact) mass is 406 g/mol. The van der Waals surface area contributed by atoms with Crippen LogP contribution in [-0.4, -0.2) is 45.2 Å². The Morgan fingerprint density at radius 3 is 2.59 bits per heavy atom. The minimum absolute atomic E-state index is 0.111. The van der Waals surface area contributed by atoms with E-state index in [9.17, 15) is 4.79 Å². The molecule has 0 spiro atoms. The number of aryl methyl sites for hydroxylation is 1. The largest absolute Gasteiger partial charge is 0.360 e. The molecule has 1 heterocycles. The van der Waals surface area contributed by atoms with E-state index in [0.29, 0.717) is 13.1 Å². The van der Waals surface area contributed by atoms with Crippen LogP contribution in [0.2, 0.25) is 10.0 Å². The van der Waals surface area contributed by atoms with Gasteiger partial charge in [-0.05, 0) is 48.7 Å². The van der Waals surface area contributed by atoms with E-state index in [1.54, 1.807) is 0 Å². The van der Waals surface area contributed by atoms with Crippen molar-refractivity contribution in [3.63, 3.8) is 0 Å². The normalized spacial score (nSPS) is 15.0. The number of rotatable bonds is 6. The van der Waals surface area contributed by atoms with Gasteiger partial charge in [-0.25, -0.2) is 0 Å². The number of benzene rings is 2. The molecule has 0 radical (unpaired) electrons. The summed E-state index contributed by atoms with van der Waals surface area (Å²) in [5.41, 5.74) is 3.58. The Labute approximate surface area is 171 Å². The number of piperazine rings is 1. The Morgan fingerprint density at radius 2 is 1.85 bits per heavy atom. The third-order valence-electron chi connectivity index (χ3n) is 5.02. The maximum atomic E-state index is 12.2. The van der Waals surface area contributed by atoms with Gasteiger partial charge in [-0.1, -0.05) is 41.4 Å². The van der Waals surface area contributed by atoms with Crippen LogP contribution in [0.5, 0.6) is 0 Å². The average Bonchev–Trinajstić information content (AvgIpc) is 2.64. The molecule has 0 saturated carbocycles. The number of amides is 1. The summed E-state index contributed by atoms with van der Waals surface area (Å²) in [5, 5.41) is 4.52. The molecule has 2 aromatic carbocycles. The molecule has 2 N–H and O–H groups in total. The van der Waals surface area contributed by atoms with E-state index in [0.717, 1.165) is 48.2 Å². The molecule has 0 aliphatic carbocycles. The fraction of sp³-hybridized carbons (Fsp3) is 0.381. The molecule has 0 aromatic heterocycles. The van der Waals surface area contributed by atoms with Crippen molar-refractivity contribution in [3.05, 3.63) is 63.6 Å². The van der Waals surface area contributed by atoms with Gasteiger partial charge in [-0.2, -0.15) is 0 Å². The first-order valence-corrected chi connectivity index (χ1v) is 10.1. The lowest BCUT2D eigenvalue weighted by molar-refractivity contribution is -0.892. The maximum absolute atomic E-state index is 12.2. The van der Waals surface area contributed by atoms with Gasteiger partial charge in [-0.15, -0.1) is 0 Å². The lowest BCUT2D eigenvalue weighted by Crippen LogP contribution is -3.16. The van der Waals surface area contributed by atoms with Crippen molar-refractivity contribution in [1.29, 1.82) is 0 Å². The Kier molecular flexibility index (Phi) is 7.00. The highest BCUT2D eigenvalue weighted by Crippen LogP contribution is 2.24. The molecule has 1 saturated heterocycles. The second kappa shape index (κ2) is 9.45. The van der Waals surface area contributed by atoms with Crippen molar-refractivity contribution in [2.75, 3.05) is 44.2 Å². The standard InChI is InChI=1S/C21H25Cl2N3O/c1-16-5-6-19(23)14-20(16)26-11-9-25(10-12-26)15-21(27)24-8-7-17-3-2-4-18(22)13-17/h2-6,13-14H,7-12,15H2,1H3,(H,24,27)/p+1. The van der Waals surface area contributed by atoms with Gasteiger partial charge in [0.2, 0.25) is 0 Å². The summed E-state index contributed by atoms with van der Waals surface area (Å²) in [4.78, 5) is 15.9. The number of carbonyl (C=O) groups is 1. The van der Waals surface area contributed by atoms with Crippen molar-refractivity contribution < 1.29 is 9.69 Å². The maximum Gasteiger partial charge on any atom is 0.275 e. The van der Waals surface area contributed by atoms with Gasteiger partial charge in [-0.3, -0.25) is 4.79 Å². The number of nitrogens with zero attached hydrogens (tertiary/aromatic N) is 1. The number of nitrogens with one attached hydrogen (secondary N) is 2. The molecular weight excluding hydrogens is 381 g/mol. The minimum Gasteiger partial charge on any atom is -0.360 e.